The minimum absolute atomic E-state index is 0.0189. The van der Waals surface area contributed by atoms with Crippen LogP contribution in [0.3, 0.4) is 0 Å². The van der Waals surface area contributed by atoms with E-state index in [9.17, 15) is 33.9 Å². The molecule has 2 fully saturated rings. The van der Waals surface area contributed by atoms with Crippen molar-refractivity contribution in [3.8, 4) is 0 Å². The van der Waals surface area contributed by atoms with Crippen LogP contribution in [-0.2, 0) is 28.8 Å². The molecule has 2 saturated heterocycles. The molecule has 5 N–H and O–H groups in total. The van der Waals surface area contributed by atoms with E-state index in [4.69, 9.17) is 5.11 Å². The fourth-order valence-corrected chi connectivity index (χ4v) is 5.39. The Kier molecular flexibility index (Phi) is 14.4. The van der Waals surface area contributed by atoms with Crippen molar-refractivity contribution in [2.45, 2.75) is 88.9 Å². The largest absolute Gasteiger partial charge is 0.481 e. The van der Waals surface area contributed by atoms with E-state index in [1.54, 1.807) is 7.05 Å². The number of carbonyl (C=O) groups is 6. The van der Waals surface area contributed by atoms with E-state index < -0.39 is 36.1 Å². The molecule has 5 atom stereocenters. The van der Waals surface area contributed by atoms with Crippen molar-refractivity contribution in [3.05, 3.63) is 12.2 Å². The number of amides is 4. The number of aldehydes is 1. The molecule has 0 aromatic rings. The second kappa shape index (κ2) is 17.5. The fourth-order valence-electron chi connectivity index (χ4n) is 5.39. The second-order valence-electron chi connectivity index (χ2n) is 10.7. The second-order valence-corrected chi connectivity index (χ2v) is 10.7. The first kappa shape index (κ1) is 33.9. The van der Waals surface area contributed by atoms with Crippen molar-refractivity contribution >= 4 is 35.9 Å². The minimum atomic E-state index is -0.950. The molecular formula is C28H45N5O8. The predicted octanol–water partition coefficient (Wildman–Crippen LogP) is -0.424. The first-order valence-corrected chi connectivity index (χ1v) is 14.4. The lowest BCUT2D eigenvalue weighted by molar-refractivity contribution is -0.146. The van der Waals surface area contributed by atoms with Gasteiger partial charge < -0.3 is 40.8 Å². The maximum Gasteiger partial charge on any atom is 0.303 e. The van der Waals surface area contributed by atoms with Crippen LogP contribution in [0.15, 0.2) is 12.2 Å². The molecule has 0 aliphatic carbocycles. The van der Waals surface area contributed by atoms with E-state index in [1.165, 1.54) is 9.80 Å². The zero-order chi connectivity index (χ0) is 30.4. The third kappa shape index (κ3) is 10.9. The van der Waals surface area contributed by atoms with Gasteiger partial charge in [0.1, 0.15) is 18.4 Å². The molecule has 2 aliphatic heterocycles. The van der Waals surface area contributed by atoms with Crippen molar-refractivity contribution in [2.75, 3.05) is 33.2 Å². The number of hydrogen-bond donors (Lipinski definition) is 5. The molecule has 2 rings (SSSR count). The standard InChI is InChI=1S/C28H45N5O8/c1-3-4-8-19(14-26(38)39)13-24(36)30-11-6-5-9-20(18-34)31-27(40)23-15-21(35)17-33(23)28(41)22-10-7-12-32(22)25(37)16-29-2/h3-4,18-23,29,35H,5-17H2,1-2H3,(H,30,36)(H,31,40)(H,38,39)/b4-3+/t19?,20?,21?,22-,23-/m1/s1. The lowest BCUT2D eigenvalue weighted by atomic mass is 9.97. The van der Waals surface area contributed by atoms with Crippen LogP contribution in [0.2, 0.25) is 0 Å². The molecule has 41 heavy (non-hydrogen) atoms. The Hall–Kier alpha value is -3.32. The quantitative estimate of drug-likeness (QED) is 0.0867. The van der Waals surface area contributed by atoms with Crippen molar-refractivity contribution in [1.82, 2.24) is 25.8 Å². The van der Waals surface area contributed by atoms with Gasteiger partial charge in [0.15, 0.2) is 0 Å². The van der Waals surface area contributed by atoms with Gasteiger partial charge in [0.2, 0.25) is 23.6 Å². The van der Waals surface area contributed by atoms with E-state index in [1.807, 2.05) is 19.1 Å². The first-order valence-electron chi connectivity index (χ1n) is 14.4. The van der Waals surface area contributed by atoms with Gasteiger partial charge in [-0.05, 0) is 58.4 Å². The molecule has 2 heterocycles. The zero-order valence-electron chi connectivity index (χ0n) is 24.0. The number of hydrogen-bond acceptors (Lipinski definition) is 8. The Morgan fingerprint density at radius 1 is 1.07 bits per heavy atom. The third-order valence-electron chi connectivity index (χ3n) is 7.45. The van der Waals surface area contributed by atoms with Crippen molar-refractivity contribution in [1.29, 1.82) is 0 Å². The number of likely N-dealkylation sites (N-methyl/N-ethyl adjacent to an activating group) is 1. The number of unbranched alkanes of at least 4 members (excludes halogenated alkanes) is 1. The van der Waals surface area contributed by atoms with Gasteiger partial charge in [-0.3, -0.25) is 24.0 Å². The Bertz CT molecular complexity index is 958. The lowest BCUT2D eigenvalue weighted by Gasteiger charge is -2.31. The topological polar surface area (TPSA) is 185 Å². The van der Waals surface area contributed by atoms with Gasteiger partial charge >= 0.3 is 5.97 Å². The van der Waals surface area contributed by atoms with Crippen LogP contribution >= 0.6 is 0 Å². The Labute approximate surface area is 241 Å². The number of aliphatic carboxylic acids is 1. The van der Waals surface area contributed by atoms with Gasteiger partial charge in [0.25, 0.3) is 0 Å². The SMILES string of the molecule is C/C=C/CC(CC(=O)O)CC(=O)NCCCCC(C=O)NC(=O)[C@H]1CC(O)CN1C(=O)[C@H]1CCCN1C(=O)CNC. The van der Waals surface area contributed by atoms with Gasteiger partial charge in [0.05, 0.1) is 18.7 Å². The molecule has 13 heteroatoms. The number of aliphatic hydroxyl groups excluding tert-OH is 1. The highest BCUT2D eigenvalue weighted by Gasteiger charge is 2.44. The summed E-state index contributed by atoms with van der Waals surface area (Å²) in [6.45, 7) is 2.72. The number of nitrogens with zero attached hydrogens (tertiary/aromatic N) is 2. The summed E-state index contributed by atoms with van der Waals surface area (Å²) in [6, 6.07) is -2.42. The van der Waals surface area contributed by atoms with Crippen molar-refractivity contribution in [3.63, 3.8) is 0 Å². The number of carboxylic acid groups (broad SMARTS) is 1. The third-order valence-corrected chi connectivity index (χ3v) is 7.45. The highest BCUT2D eigenvalue weighted by atomic mass is 16.4. The van der Waals surface area contributed by atoms with Crippen LogP contribution in [-0.4, -0.2) is 113 Å². The average molecular weight is 580 g/mol. The summed E-state index contributed by atoms with van der Waals surface area (Å²) in [5.74, 6) is -2.58. The van der Waals surface area contributed by atoms with Crippen LogP contribution in [0.1, 0.15) is 64.7 Å². The van der Waals surface area contributed by atoms with Crippen molar-refractivity contribution < 1.29 is 39.0 Å². The summed E-state index contributed by atoms with van der Waals surface area (Å²) in [6.07, 6.45) is 6.52. The Morgan fingerprint density at radius 2 is 1.83 bits per heavy atom. The number of likely N-dealkylation sites (tertiary alicyclic amines) is 2. The molecule has 13 nitrogen and oxygen atoms in total. The van der Waals surface area contributed by atoms with E-state index in [2.05, 4.69) is 16.0 Å². The van der Waals surface area contributed by atoms with Crippen molar-refractivity contribution in [2.24, 2.45) is 5.92 Å². The maximum atomic E-state index is 13.3. The zero-order valence-corrected chi connectivity index (χ0v) is 24.0. The van der Waals surface area contributed by atoms with E-state index in [0.717, 1.165) is 0 Å². The smallest absolute Gasteiger partial charge is 0.303 e. The number of rotatable bonds is 17. The molecule has 0 aromatic carbocycles. The number of carboxylic acids is 1. The fraction of sp³-hybridized carbons (Fsp3) is 0.714. The number of allylic oxidation sites excluding steroid dienone is 2. The molecule has 3 unspecified atom stereocenters. The number of β-amino-alcohol motifs (C(OH)–C–C–N with tert-alkyl or cyclic N) is 1. The number of aliphatic hydroxyl groups is 1. The molecule has 0 spiro atoms. The Morgan fingerprint density at radius 3 is 2.49 bits per heavy atom. The van der Waals surface area contributed by atoms with E-state index >= 15 is 0 Å². The molecule has 0 radical (unpaired) electrons. The highest BCUT2D eigenvalue weighted by Crippen LogP contribution is 2.25. The monoisotopic (exact) mass is 579 g/mol. The minimum Gasteiger partial charge on any atom is -0.481 e. The van der Waals surface area contributed by atoms with Gasteiger partial charge in [0, 0.05) is 38.9 Å². The Balaban J connectivity index is 1.82. The van der Waals surface area contributed by atoms with Gasteiger partial charge in [-0.1, -0.05) is 12.2 Å². The summed E-state index contributed by atoms with van der Waals surface area (Å²) in [5, 5.41) is 27.5. The normalized spacial score (nSPS) is 22.0. The predicted molar refractivity (Wildman–Crippen MR) is 149 cm³/mol. The van der Waals surface area contributed by atoms with Gasteiger partial charge in [-0.15, -0.1) is 0 Å². The molecule has 4 amide bonds. The summed E-state index contributed by atoms with van der Waals surface area (Å²) in [4.78, 5) is 76.6. The van der Waals surface area contributed by atoms with Gasteiger partial charge in [-0.25, -0.2) is 0 Å². The number of nitrogens with one attached hydrogen (secondary N) is 3. The van der Waals surface area contributed by atoms with Crippen LogP contribution < -0.4 is 16.0 Å². The summed E-state index contributed by atoms with van der Waals surface area (Å²) in [7, 11) is 1.65. The highest BCUT2D eigenvalue weighted by molar-refractivity contribution is 5.94. The molecule has 230 valence electrons. The molecule has 0 bridgehead atoms. The lowest BCUT2D eigenvalue weighted by Crippen LogP contribution is -2.54. The summed E-state index contributed by atoms with van der Waals surface area (Å²) < 4.78 is 0. The first-order chi connectivity index (χ1) is 19.6. The molecular weight excluding hydrogens is 534 g/mol. The maximum absolute atomic E-state index is 13.3. The van der Waals surface area contributed by atoms with Gasteiger partial charge in [-0.2, -0.15) is 0 Å². The summed E-state index contributed by atoms with van der Waals surface area (Å²) >= 11 is 0. The van der Waals surface area contributed by atoms with Crippen LogP contribution in [0.5, 0.6) is 0 Å². The van der Waals surface area contributed by atoms with E-state index in [0.29, 0.717) is 57.9 Å². The van der Waals surface area contributed by atoms with Crippen LogP contribution in [0.4, 0.5) is 0 Å². The molecule has 2 aliphatic rings. The average Bonchev–Trinajstić information content (AvgIpc) is 3.57. The molecule has 0 saturated carbocycles. The van der Waals surface area contributed by atoms with Crippen LogP contribution in [0.25, 0.3) is 0 Å². The summed E-state index contributed by atoms with van der Waals surface area (Å²) in [5.41, 5.74) is 0. The molecule has 0 aromatic heterocycles. The van der Waals surface area contributed by atoms with E-state index in [-0.39, 0.29) is 56.0 Å². The number of carbonyl (C=O) groups excluding carboxylic acids is 5. The van der Waals surface area contributed by atoms with Crippen LogP contribution in [0, 0.1) is 5.92 Å².